The minimum Gasteiger partial charge on any atom is -0.383 e. The number of ether oxygens (including phenoxy) is 1. The maximum absolute atomic E-state index is 11.7. The van der Waals surface area contributed by atoms with Gasteiger partial charge < -0.3 is 15.4 Å². The molecule has 1 unspecified atom stereocenters. The second kappa shape index (κ2) is 3.83. The summed E-state index contributed by atoms with van der Waals surface area (Å²) in [5.41, 5.74) is 7.00. The van der Waals surface area contributed by atoms with E-state index in [-0.39, 0.29) is 11.9 Å². The van der Waals surface area contributed by atoms with Gasteiger partial charge in [0.1, 0.15) is 5.82 Å². The summed E-state index contributed by atoms with van der Waals surface area (Å²) in [7, 11) is 3.62. The van der Waals surface area contributed by atoms with Crippen LogP contribution in [0.15, 0.2) is 11.4 Å². The van der Waals surface area contributed by atoms with Crippen molar-refractivity contribution in [1.29, 1.82) is 0 Å². The van der Waals surface area contributed by atoms with Gasteiger partial charge in [-0.1, -0.05) is 0 Å². The lowest BCUT2D eigenvalue weighted by Crippen LogP contribution is -2.30. The van der Waals surface area contributed by atoms with Gasteiger partial charge in [0.25, 0.3) is 0 Å². The summed E-state index contributed by atoms with van der Waals surface area (Å²) in [5.74, 6) is 1.17. The molecule has 1 amide bonds. The number of rotatable bonds is 3. The van der Waals surface area contributed by atoms with E-state index in [2.05, 4.69) is 4.90 Å². The molecule has 5 heteroatoms. The number of carbonyl (C=O) groups excluding carboxylic acids is 1. The van der Waals surface area contributed by atoms with Gasteiger partial charge in [0.15, 0.2) is 0 Å². The number of nitrogens with two attached hydrogens (primary N) is 1. The van der Waals surface area contributed by atoms with Crippen LogP contribution in [0.25, 0.3) is 0 Å². The van der Waals surface area contributed by atoms with Crippen molar-refractivity contribution in [1.82, 2.24) is 9.80 Å². The molecule has 2 rings (SSSR count). The highest BCUT2D eigenvalue weighted by molar-refractivity contribution is 5.85. The first kappa shape index (κ1) is 10.4. The van der Waals surface area contributed by atoms with E-state index in [1.165, 1.54) is 0 Å². The predicted molar refractivity (Wildman–Crippen MR) is 55.8 cm³/mol. The Bertz CT molecular complexity index is 314. The third-order valence-electron chi connectivity index (χ3n) is 3.00. The molecule has 2 aliphatic heterocycles. The zero-order valence-electron chi connectivity index (χ0n) is 9.19. The Morgan fingerprint density at radius 2 is 2.27 bits per heavy atom. The van der Waals surface area contributed by atoms with Gasteiger partial charge in [-0.25, -0.2) is 0 Å². The molecule has 2 heterocycles. The number of amides is 1. The van der Waals surface area contributed by atoms with Crippen LogP contribution < -0.4 is 5.73 Å². The van der Waals surface area contributed by atoms with Gasteiger partial charge in [-0.05, 0) is 5.57 Å². The summed E-state index contributed by atoms with van der Waals surface area (Å²) in [6.45, 7) is 2.14. The Morgan fingerprint density at radius 3 is 2.93 bits per heavy atom. The molecule has 2 N–H and O–H groups in total. The van der Waals surface area contributed by atoms with Crippen LogP contribution in [0.4, 0.5) is 0 Å². The van der Waals surface area contributed by atoms with E-state index in [0.29, 0.717) is 13.0 Å². The Kier molecular flexibility index (Phi) is 2.67. The van der Waals surface area contributed by atoms with Gasteiger partial charge in [-0.15, -0.1) is 0 Å². The topological polar surface area (TPSA) is 58.8 Å². The number of hydrogen-bond acceptors (Lipinski definition) is 4. The summed E-state index contributed by atoms with van der Waals surface area (Å²) in [6, 6.07) is -0.167. The van der Waals surface area contributed by atoms with Crippen LogP contribution in [0.1, 0.15) is 6.42 Å². The highest BCUT2D eigenvalue weighted by Gasteiger charge is 2.38. The van der Waals surface area contributed by atoms with Crippen molar-refractivity contribution in [3.8, 4) is 0 Å². The third-order valence-corrected chi connectivity index (χ3v) is 3.00. The van der Waals surface area contributed by atoms with Crippen molar-refractivity contribution in [2.75, 3.05) is 33.9 Å². The Labute approximate surface area is 89.5 Å². The van der Waals surface area contributed by atoms with Gasteiger partial charge in [0.05, 0.1) is 19.1 Å². The van der Waals surface area contributed by atoms with Crippen LogP contribution >= 0.6 is 0 Å². The van der Waals surface area contributed by atoms with Crippen molar-refractivity contribution in [2.45, 2.75) is 12.5 Å². The summed E-state index contributed by atoms with van der Waals surface area (Å²) in [5, 5.41) is 0. The quantitative estimate of drug-likeness (QED) is 0.674. The van der Waals surface area contributed by atoms with Crippen LogP contribution in [-0.2, 0) is 9.53 Å². The standard InChI is InChI=1S/C10H17N3O2/c1-12-3-4-13-9(14)5-7(10(12)13)8(11)6-15-2/h8H,3-6,11H2,1-2H3. The largest absolute Gasteiger partial charge is 0.383 e. The van der Waals surface area contributed by atoms with Crippen molar-refractivity contribution in [3.05, 3.63) is 11.4 Å². The van der Waals surface area contributed by atoms with Crippen molar-refractivity contribution < 1.29 is 9.53 Å². The molecule has 0 aromatic rings. The Morgan fingerprint density at radius 1 is 1.53 bits per heavy atom. The molecule has 15 heavy (non-hydrogen) atoms. The van der Waals surface area contributed by atoms with Crippen molar-refractivity contribution >= 4 is 5.91 Å². The summed E-state index contributed by atoms with van der Waals surface area (Å²) in [6.07, 6.45) is 0.449. The number of likely N-dealkylation sites (N-methyl/N-ethyl adjacent to an activating group) is 1. The molecule has 0 aromatic heterocycles. The lowest BCUT2D eigenvalue weighted by atomic mass is 10.1. The molecular formula is C10H17N3O2. The van der Waals surface area contributed by atoms with E-state index in [0.717, 1.165) is 24.5 Å². The monoisotopic (exact) mass is 211 g/mol. The van der Waals surface area contributed by atoms with E-state index in [4.69, 9.17) is 10.5 Å². The highest BCUT2D eigenvalue weighted by Crippen LogP contribution is 2.31. The number of hydrogen-bond donors (Lipinski definition) is 1. The molecule has 2 aliphatic rings. The van der Waals surface area contributed by atoms with Crippen LogP contribution in [0.2, 0.25) is 0 Å². The van der Waals surface area contributed by atoms with E-state index in [1.54, 1.807) is 7.11 Å². The minimum absolute atomic E-state index is 0.163. The summed E-state index contributed by atoms with van der Waals surface area (Å²) >= 11 is 0. The third kappa shape index (κ3) is 1.61. The number of carbonyl (C=O) groups is 1. The average molecular weight is 211 g/mol. The molecular weight excluding hydrogens is 194 g/mol. The highest BCUT2D eigenvalue weighted by atomic mass is 16.5. The maximum Gasteiger partial charge on any atom is 0.232 e. The van der Waals surface area contributed by atoms with E-state index in [1.807, 2.05) is 11.9 Å². The van der Waals surface area contributed by atoms with Gasteiger partial charge >= 0.3 is 0 Å². The molecule has 1 atom stereocenters. The molecule has 0 bridgehead atoms. The first-order valence-corrected chi connectivity index (χ1v) is 5.14. The van der Waals surface area contributed by atoms with Gasteiger partial charge in [-0.3, -0.25) is 9.69 Å². The Hall–Kier alpha value is -1.07. The zero-order chi connectivity index (χ0) is 11.0. The van der Waals surface area contributed by atoms with Gasteiger partial charge in [0, 0.05) is 27.2 Å². The second-order valence-corrected chi connectivity index (χ2v) is 4.05. The van der Waals surface area contributed by atoms with Crippen molar-refractivity contribution in [2.24, 2.45) is 5.73 Å². The van der Waals surface area contributed by atoms with Crippen LogP contribution in [0.5, 0.6) is 0 Å². The van der Waals surface area contributed by atoms with Crippen LogP contribution in [-0.4, -0.2) is 55.6 Å². The molecule has 1 saturated heterocycles. The van der Waals surface area contributed by atoms with Crippen LogP contribution in [0, 0.1) is 0 Å². The van der Waals surface area contributed by atoms with Gasteiger partial charge in [-0.2, -0.15) is 0 Å². The molecule has 5 nitrogen and oxygen atoms in total. The normalized spacial score (nSPS) is 22.7. The molecule has 1 fully saturated rings. The van der Waals surface area contributed by atoms with E-state index in [9.17, 15) is 4.79 Å². The molecule has 0 aliphatic carbocycles. The summed E-state index contributed by atoms with van der Waals surface area (Å²) < 4.78 is 5.03. The van der Waals surface area contributed by atoms with E-state index >= 15 is 0 Å². The summed E-state index contributed by atoms with van der Waals surface area (Å²) in [4.78, 5) is 15.6. The first-order valence-electron chi connectivity index (χ1n) is 5.14. The molecule has 0 spiro atoms. The fourth-order valence-corrected chi connectivity index (χ4v) is 2.24. The van der Waals surface area contributed by atoms with Crippen LogP contribution in [0.3, 0.4) is 0 Å². The second-order valence-electron chi connectivity index (χ2n) is 4.05. The number of methoxy groups -OCH3 is 1. The predicted octanol–water partition coefficient (Wildman–Crippen LogP) is -0.651. The fraction of sp³-hybridized carbons (Fsp3) is 0.700. The lowest BCUT2D eigenvalue weighted by Gasteiger charge is -2.18. The minimum atomic E-state index is -0.167. The Balaban J connectivity index is 2.25. The first-order chi connectivity index (χ1) is 7.15. The number of nitrogens with zero attached hydrogens (tertiary/aromatic N) is 2. The molecule has 0 saturated carbocycles. The lowest BCUT2D eigenvalue weighted by molar-refractivity contribution is -0.126. The smallest absolute Gasteiger partial charge is 0.232 e. The van der Waals surface area contributed by atoms with Crippen molar-refractivity contribution in [3.63, 3.8) is 0 Å². The molecule has 84 valence electrons. The zero-order valence-corrected chi connectivity index (χ0v) is 9.19. The SMILES string of the molecule is COCC(N)C1=C2N(C)CCN2C(=O)C1. The van der Waals surface area contributed by atoms with E-state index < -0.39 is 0 Å². The molecule has 0 aromatic carbocycles. The maximum atomic E-state index is 11.7. The fourth-order valence-electron chi connectivity index (χ4n) is 2.24. The molecule has 0 radical (unpaired) electrons. The average Bonchev–Trinajstić information content (AvgIpc) is 2.70. The number of fused-ring (bicyclic) bond motifs is 1. The van der Waals surface area contributed by atoms with Gasteiger partial charge in [0.2, 0.25) is 5.91 Å².